The molecule has 2 amide bonds. The third kappa shape index (κ3) is 7.84. The van der Waals surface area contributed by atoms with E-state index in [0.717, 1.165) is 20.8 Å². The van der Waals surface area contributed by atoms with E-state index in [1.807, 2.05) is 38.1 Å². The summed E-state index contributed by atoms with van der Waals surface area (Å²) >= 11 is 9.60. The molecule has 39 heavy (non-hydrogen) atoms. The smallest absolute Gasteiger partial charge is 0.264 e. The van der Waals surface area contributed by atoms with Crippen LogP contribution in [0.15, 0.2) is 82.2 Å². The Hall–Kier alpha value is -2.88. The van der Waals surface area contributed by atoms with Crippen molar-refractivity contribution >= 4 is 55.1 Å². The van der Waals surface area contributed by atoms with Crippen LogP contribution in [0.2, 0.25) is 5.02 Å². The van der Waals surface area contributed by atoms with Crippen LogP contribution in [0.3, 0.4) is 0 Å². The second kappa shape index (κ2) is 13.5. The first-order chi connectivity index (χ1) is 18.4. The van der Waals surface area contributed by atoms with Crippen LogP contribution in [0.25, 0.3) is 0 Å². The lowest BCUT2D eigenvalue weighted by Crippen LogP contribution is -2.52. The van der Waals surface area contributed by atoms with Crippen molar-refractivity contribution in [1.29, 1.82) is 0 Å². The summed E-state index contributed by atoms with van der Waals surface area (Å²) in [6.45, 7) is 6.85. The minimum atomic E-state index is -4.13. The van der Waals surface area contributed by atoms with Crippen molar-refractivity contribution in [2.45, 2.75) is 57.6 Å². The van der Waals surface area contributed by atoms with Gasteiger partial charge in [0.05, 0.1) is 10.6 Å². The summed E-state index contributed by atoms with van der Waals surface area (Å²) in [6, 6.07) is 19.3. The topological polar surface area (TPSA) is 86.8 Å². The Morgan fingerprint density at radius 3 is 2.31 bits per heavy atom. The number of anilines is 1. The second-order valence-corrected chi connectivity index (χ2v) is 12.6. The number of amides is 2. The Kier molecular flexibility index (Phi) is 10.6. The fraction of sp³-hybridized carbons (Fsp3) is 0.310. The highest BCUT2D eigenvalue weighted by Crippen LogP contribution is 2.29. The lowest BCUT2D eigenvalue weighted by Gasteiger charge is -2.33. The van der Waals surface area contributed by atoms with Crippen LogP contribution in [-0.2, 0) is 26.2 Å². The molecule has 0 aliphatic rings. The molecule has 1 N–H and O–H groups in total. The molecule has 3 rings (SSSR count). The Balaban J connectivity index is 2.05. The SMILES string of the molecule is CCC(C)NC(=O)C(C)N(Cc1cccc(Br)c1)C(=O)CN(c1ccc(Cl)cc1C)S(=O)(=O)c1ccccc1. The van der Waals surface area contributed by atoms with Crippen LogP contribution in [-0.4, -0.2) is 43.8 Å². The molecule has 0 aromatic heterocycles. The average Bonchev–Trinajstić information content (AvgIpc) is 2.90. The molecule has 2 unspecified atom stereocenters. The molecule has 208 valence electrons. The molecule has 3 aromatic rings. The van der Waals surface area contributed by atoms with Crippen molar-refractivity contribution in [1.82, 2.24) is 10.2 Å². The molecule has 0 bridgehead atoms. The van der Waals surface area contributed by atoms with E-state index in [1.54, 1.807) is 50.2 Å². The number of hydrogen-bond acceptors (Lipinski definition) is 4. The number of nitrogens with one attached hydrogen (secondary N) is 1. The van der Waals surface area contributed by atoms with Gasteiger partial charge in [0.2, 0.25) is 11.8 Å². The summed E-state index contributed by atoms with van der Waals surface area (Å²) in [6.07, 6.45) is 0.733. The number of sulfonamides is 1. The highest BCUT2D eigenvalue weighted by Gasteiger charge is 2.33. The molecule has 7 nitrogen and oxygen atoms in total. The molecule has 0 aliphatic heterocycles. The number of carbonyl (C=O) groups excluding carboxylic acids is 2. The van der Waals surface area contributed by atoms with Gasteiger partial charge in [-0.25, -0.2) is 8.42 Å². The second-order valence-electron chi connectivity index (χ2n) is 9.40. The summed E-state index contributed by atoms with van der Waals surface area (Å²) in [5.41, 5.74) is 1.72. The highest BCUT2D eigenvalue weighted by atomic mass is 79.9. The van der Waals surface area contributed by atoms with Crippen molar-refractivity contribution in [2.75, 3.05) is 10.8 Å². The van der Waals surface area contributed by atoms with Crippen LogP contribution in [0.4, 0.5) is 5.69 Å². The standard InChI is InChI=1S/C29H33BrClN3O4S/c1-5-21(3)32-29(36)22(4)33(18-23-10-9-11-24(30)17-23)28(35)19-34(27-15-14-25(31)16-20(27)2)39(37,38)26-12-7-6-8-13-26/h6-17,21-22H,5,18-19H2,1-4H3,(H,32,36). The lowest BCUT2D eigenvalue weighted by atomic mass is 10.1. The first-order valence-electron chi connectivity index (χ1n) is 12.6. The zero-order valence-electron chi connectivity index (χ0n) is 22.4. The van der Waals surface area contributed by atoms with Crippen molar-refractivity contribution < 1.29 is 18.0 Å². The van der Waals surface area contributed by atoms with Gasteiger partial charge in [0.15, 0.2) is 0 Å². The van der Waals surface area contributed by atoms with Crippen molar-refractivity contribution in [3.05, 3.63) is 93.4 Å². The summed E-state index contributed by atoms with van der Waals surface area (Å²) in [5.74, 6) is -0.830. The number of benzene rings is 3. The molecule has 0 heterocycles. The minimum Gasteiger partial charge on any atom is -0.352 e. The van der Waals surface area contributed by atoms with Crippen molar-refractivity contribution in [3.63, 3.8) is 0 Å². The van der Waals surface area contributed by atoms with Crippen LogP contribution >= 0.6 is 27.5 Å². The molecule has 0 aliphatic carbocycles. The van der Waals surface area contributed by atoms with E-state index in [0.29, 0.717) is 16.3 Å². The fourth-order valence-electron chi connectivity index (χ4n) is 4.01. The Bertz CT molecular complexity index is 1420. The normalized spacial score (nSPS) is 12.9. The monoisotopic (exact) mass is 633 g/mol. The molecular formula is C29H33BrClN3O4S. The molecular weight excluding hydrogens is 602 g/mol. The van der Waals surface area contributed by atoms with Gasteiger partial charge in [-0.2, -0.15) is 0 Å². The van der Waals surface area contributed by atoms with E-state index in [-0.39, 0.29) is 23.4 Å². The van der Waals surface area contributed by atoms with Gasteiger partial charge in [0.25, 0.3) is 10.0 Å². The van der Waals surface area contributed by atoms with Crippen molar-refractivity contribution in [2.24, 2.45) is 0 Å². The number of nitrogens with zero attached hydrogens (tertiary/aromatic N) is 2. The van der Waals surface area contributed by atoms with E-state index in [9.17, 15) is 18.0 Å². The zero-order chi connectivity index (χ0) is 28.7. The maximum absolute atomic E-state index is 14.0. The van der Waals surface area contributed by atoms with E-state index >= 15 is 0 Å². The van der Waals surface area contributed by atoms with Gasteiger partial charge in [-0.15, -0.1) is 0 Å². The van der Waals surface area contributed by atoms with Gasteiger partial charge in [0, 0.05) is 22.1 Å². The molecule has 10 heteroatoms. The molecule has 0 fully saturated rings. The Morgan fingerprint density at radius 2 is 1.69 bits per heavy atom. The molecule has 0 spiro atoms. The predicted molar refractivity (Wildman–Crippen MR) is 159 cm³/mol. The van der Waals surface area contributed by atoms with E-state index in [4.69, 9.17) is 11.6 Å². The third-order valence-corrected chi connectivity index (χ3v) is 8.95. The van der Waals surface area contributed by atoms with Gasteiger partial charge in [-0.05, 0) is 80.8 Å². The van der Waals surface area contributed by atoms with Gasteiger partial charge >= 0.3 is 0 Å². The van der Waals surface area contributed by atoms with Crippen LogP contribution in [0, 0.1) is 6.92 Å². The molecule has 2 atom stereocenters. The molecule has 0 radical (unpaired) electrons. The van der Waals surface area contributed by atoms with Crippen molar-refractivity contribution in [3.8, 4) is 0 Å². The van der Waals surface area contributed by atoms with Crippen LogP contribution < -0.4 is 9.62 Å². The number of hydrogen-bond donors (Lipinski definition) is 1. The minimum absolute atomic E-state index is 0.0493. The van der Waals surface area contributed by atoms with Gasteiger partial charge in [-0.3, -0.25) is 13.9 Å². The summed E-state index contributed by atoms with van der Waals surface area (Å²) in [4.78, 5) is 28.6. The first kappa shape index (κ1) is 30.7. The van der Waals surface area contributed by atoms with Gasteiger partial charge < -0.3 is 10.2 Å². The first-order valence-corrected chi connectivity index (χ1v) is 15.2. The molecule has 3 aromatic carbocycles. The van der Waals surface area contributed by atoms with E-state index in [1.165, 1.54) is 17.0 Å². The largest absolute Gasteiger partial charge is 0.352 e. The van der Waals surface area contributed by atoms with Gasteiger partial charge in [0.1, 0.15) is 12.6 Å². The Labute approximate surface area is 244 Å². The average molecular weight is 635 g/mol. The molecule has 0 saturated carbocycles. The number of rotatable bonds is 11. The van der Waals surface area contributed by atoms with Crippen LogP contribution in [0.5, 0.6) is 0 Å². The van der Waals surface area contributed by atoms with E-state index in [2.05, 4.69) is 21.2 Å². The predicted octanol–water partition coefficient (Wildman–Crippen LogP) is 5.94. The number of carbonyl (C=O) groups is 2. The lowest BCUT2D eigenvalue weighted by molar-refractivity contribution is -0.139. The fourth-order valence-corrected chi connectivity index (χ4v) is 6.18. The van der Waals surface area contributed by atoms with Crippen LogP contribution in [0.1, 0.15) is 38.3 Å². The van der Waals surface area contributed by atoms with Gasteiger partial charge in [-0.1, -0.05) is 64.8 Å². The van der Waals surface area contributed by atoms with E-state index < -0.39 is 28.5 Å². The zero-order valence-corrected chi connectivity index (χ0v) is 25.6. The number of halogens is 2. The third-order valence-electron chi connectivity index (χ3n) is 6.45. The summed E-state index contributed by atoms with van der Waals surface area (Å²) in [7, 11) is -4.13. The summed E-state index contributed by atoms with van der Waals surface area (Å²) < 4.78 is 29.6. The Morgan fingerprint density at radius 1 is 1.00 bits per heavy atom. The maximum atomic E-state index is 14.0. The molecule has 0 saturated heterocycles. The summed E-state index contributed by atoms with van der Waals surface area (Å²) in [5, 5.41) is 3.38. The highest BCUT2D eigenvalue weighted by molar-refractivity contribution is 9.10. The number of aryl methyl sites for hydroxylation is 1. The maximum Gasteiger partial charge on any atom is 0.264 e. The quantitative estimate of drug-likeness (QED) is 0.283.